The second-order valence-electron chi connectivity index (χ2n) is 0. The monoisotopic (exact) mass is 2720 g/mol. The van der Waals surface area contributed by atoms with Crippen LogP contribution in [0.2, 0.25) is 0 Å². The largest absolute Gasteiger partial charge is 1.00 e. The Hall–Kier alpha value is 86.2. The maximum atomic E-state index is 0. The first-order chi connectivity index (χ1) is 0. The van der Waals surface area contributed by atoms with E-state index in [0.717, 1.165) is 0 Å². The molecule has 0 nitrogen and oxygen atoms in total. The van der Waals surface area contributed by atoms with Gasteiger partial charge in [-0.3, -0.25) is 0 Å². The van der Waals surface area contributed by atoms with E-state index in [4.69, 9.17) is 0 Å². The van der Waals surface area contributed by atoms with Gasteiger partial charge in [0.25, 0.3) is 0 Å². The van der Waals surface area contributed by atoms with Crippen LogP contribution in [-0.2, 0) is 0 Å². The first-order valence-corrected chi connectivity index (χ1v) is 0. The Morgan fingerprint density at radius 3 is 0.0192 bits per heavy atom. The van der Waals surface area contributed by atoms with Crippen molar-refractivity contribution in [3.05, 3.63) is 0 Å². The third kappa shape index (κ3) is 887. The van der Waals surface area contributed by atoms with Crippen molar-refractivity contribution in [2.75, 3.05) is 0 Å². The van der Waals surface area contributed by atoms with Crippen molar-refractivity contribution < 1.29 is 2340 Å². The minimum absolute atomic E-state index is 0. The molecule has 0 N–H and O–H groups in total. The van der Waals surface area contributed by atoms with Gasteiger partial charge < -0.3 is 0 Å². The van der Waals surface area contributed by atoms with E-state index in [9.17, 15) is 0 Å². The van der Waals surface area contributed by atoms with E-state index in [-0.39, 0.29) is 2650 Å². The molecule has 200 valence electrons. The fraction of sp³-hybridized carbons (Fsp3) is 0. The molecule has 0 fully saturated rings. The van der Waals surface area contributed by atoms with Crippen LogP contribution in [0.1, 0.15) is 0 Å². The van der Waals surface area contributed by atoms with Crippen LogP contribution < -0.4 is 2340 Å². The molecule has 0 atom stereocenters. The quantitative estimate of drug-likeness (QED) is 0.212. The zero-order valence-electron chi connectivity index (χ0n) is 89.2. The second kappa shape index (κ2) is 902. The number of rotatable bonds is 0. The smallest absolute Gasteiger partial charge is 0.147 e. The van der Waals surface area contributed by atoms with Gasteiger partial charge in [0, 0.05) is 0 Å². The molecule has 0 saturated heterocycles. The van der Waals surface area contributed by atoms with Crippen LogP contribution in [0.5, 0.6) is 0 Å². The van der Waals surface area contributed by atoms with Gasteiger partial charge in [-0.05, 0) is 0 Å². The molecule has 0 aromatic rings. The fourth-order valence-corrected chi connectivity index (χ4v) is 0. The maximum Gasteiger partial charge on any atom is 1.00 e. The Labute approximate surface area is 2550 Å². The third-order valence-electron chi connectivity index (χ3n) is 0. The van der Waals surface area contributed by atoms with Crippen LogP contribution in [0.25, 0.3) is 0 Å². The summed E-state index contributed by atoms with van der Waals surface area (Å²) in [4.78, 5) is 0. The first kappa shape index (κ1) is 916. The van der Waals surface area contributed by atoms with Crippen LogP contribution in [-0.4, -0.2) is 0 Å². The van der Waals surface area contributed by atoms with E-state index in [1.165, 1.54) is 0 Å². The van der Waals surface area contributed by atoms with E-state index in [0.29, 0.717) is 0 Å². The summed E-state index contributed by atoms with van der Waals surface area (Å²) in [7, 11) is 0. The molecule has 104 heavy (non-hydrogen) atoms. The minimum Gasteiger partial charge on any atom is -0.147 e. The second-order valence-corrected chi connectivity index (χ2v) is 0. The number of halogens is 25. The Morgan fingerprint density at radius 1 is 0.0192 bits per heavy atom. The average Bonchev–Trinajstić information content (AvgIpc) is 0. The zero-order valence-corrected chi connectivity index (χ0v) is 268. The standard InChI is InChI=1S/25ClH.79Na/h25*1H;;;;;;;;;;;;;;;;;;;;;;;;;;;;;;;;;;;;;;;;;;;;;;;;;;;;;;;;;;;;;;;;;;;;;;;;;;;;;;;/q;;;;;;;;;;;;;;;;;;;;;;;;;79*+1. The van der Waals surface area contributed by atoms with Crippen molar-refractivity contribution in [2.24, 2.45) is 0 Å². The topological polar surface area (TPSA) is 0 Å². The zero-order chi connectivity index (χ0) is 0. The summed E-state index contributed by atoms with van der Waals surface area (Å²) in [5.41, 5.74) is 0. The summed E-state index contributed by atoms with van der Waals surface area (Å²) in [6.45, 7) is 0. The fourth-order valence-electron chi connectivity index (χ4n) is 0. The molecule has 0 heterocycles. The van der Waals surface area contributed by atoms with Gasteiger partial charge in [0.15, 0.2) is 0 Å². The van der Waals surface area contributed by atoms with Gasteiger partial charge in [0.1, 0.15) is 0 Å². The summed E-state index contributed by atoms with van der Waals surface area (Å²) in [5.74, 6) is 0. The van der Waals surface area contributed by atoms with Crippen molar-refractivity contribution in [3.8, 4) is 0 Å². The molecule has 0 aromatic carbocycles. The van der Waals surface area contributed by atoms with Crippen molar-refractivity contribution in [1.29, 1.82) is 0 Å². The average molecular weight is 2730 g/mol. The van der Waals surface area contributed by atoms with Gasteiger partial charge in [0.05, 0.1) is 0 Å². The molecule has 0 spiro atoms. The molecule has 0 bridgehead atoms. The van der Waals surface area contributed by atoms with E-state index >= 15 is 0 Å². The summed E-state index contributed by atoms with van der Waals surface area (Å²) in [6, 6.07) is 0. The predicted octanol–water partition coefficient (Wildman–Crippen LogP) is -226. The van der Waals surface area contributed by atoms with Gasteiger partial charge in [-0.15, -0.1) is 310 Å². The molecular weight excluding hydrogens is 2700 g/mol. The molecular formula is H25Cl25Na79+79. The van der Waals surface area contributed by atoms with Crippen LogP contribution in [0, 0.1) is 0 Å². The van der Waals surface area contributed by atoms with Crippen molar-refractivity contribution in [2.45, 2.75) is 0 Å². The molecule has 0 radical (unpaired) electrons. The van der Waals surface area contributed by atoms with E-state index in [2.05, 4.69) is 0 Å². The van der Waals surface area contributed by atoms with E-state index in [1.807, 2.05) is 0 Å². The first-order valence-electron chi connectivity index (χ1n) is 0. The van der Waals surface area contributed by atoms with Crippen LogP contribution in [0.4, 0.5) is 0 Å². The van der Waals surface area contributed by atoms with E-state index < -0.39 is 0 Å². The molecule has 0 aromatic heterocycles. The Bertz CT molecular complexity index is 82.8. The van der Waals surface area contributed by atoms with Crippen molar-refractivity contribution >= 4 is 310 Å². The van der Waals surface area contributed by atoms with Crippen LogP contribution >= 0.6 is 310 Å². The Morgan fingerprint density at radius 2 is 0.0192 bits per heavy atom. The molecule has 0 unspecified atom stereocenters. The summed E-state index contributed by atoms with van der Waals surface area (Å²) in [5, 5.41) is 0. The van der Waals surface area contributed by atoms with Crippen molar-refractivity contribution in [3.63, 3.8) is 0 Å². The van der Waals surface area contributed by atoms with Crippen molar-refractivity contribution in [1.82, 2.24) is 0 Å². The molecule has 0 aliphatic heterocycles. The Balaban J connectivity index is 0. The predicted molar refractivity (Wildman–Crippen MR) is 181 cm³/mol. The normalized spacial score (nSPS) is 0. The molecule has 0 rings (SSSR count). The van der Waals surface area contributed by atoms with Gasteiger partial charge in [0.2, 0.25) is 0 Å². The third-order valence-corrected chi connectivity index (χ3v) is 0. The molecule has 0 amide bonds. The van der Waals surface area contributed by atoms with Gasteiger partial charge >= 0.3 is 2340 Å². The van der Waals surface area contributed by atoms with E-state index in [1.54, 1.807) is 0 Å². The summed E-state index contributed by atoms with van der Waals surface area (Å²) in [6.07, 6.45) is 0. The maximum absolute atomic E-state index is 0. The SMILES string of the molecule is Cl.Cl.Cl.Cl.Cl.Cl.Cl.Cl.Cl.Cl.Cl.Cl.Cl.Cl.Cl.Cl.Cl.Cl.Cl.Cl.Cl.Cl.Cl.Cl.Cl.[Na+].[Na+].[Na+].[Na+].[Na+].[Na+].[Na+].[Na+].[Na+].[Na+].[Na+].[Na+].[Na+].[Na+].[Na+].[Na+].[Na+].[Na+].[Na+].[Na+].[Na+].[Na+].[Na+].[Na+].[Na+].[Na+].[Na+].[Na+].[Na+].[Na+].[Na+].[Na+].[Na+].[Na+].[Na+].[Na+].[Na+].[Na+].[Na+].[Na+].[Na+].[Na+].[Na+].[Na+].[Na+].[Na+].[Na+].[Na+].[Na+].[Na+].[Na+].[Na+].[Na+].[Na+].[Na+].[Na+].[Na+].[Na+].[Na+].[Na+].[Na+].[Na+].[Na+].[Na+].[Na+].[Na+].[Na+].[Na+].[Na+].[Na+].[Na+].[Na+].[Na+].[Na+].[Na+].[Na+].[Na+].[Na+].[Na+]. The van der Waals surface area contributed by atoms with Gasteiger partial charge in [-0.25, -0.2) is 0 Å². The molecule has 0 aliphatic carbocycles. The molecule has 0 aliphatic rings. The minimum atomic E-state index is 0. The Kier molecular flexibility index (Phi) is 7940. The van der Waals surface area contributed by atoms with Gasteiger partial charge in [-0.1, -0.05) is 0 Å². The molecule has 104 heteroatoms. The number of hydrogen-bond donors (Lipinski definition) is 0. The van der Waals surface area contributed by atoms with Gasteiger partial charge in [-0.2, -0.15) is 0 Å². The van der Waals surface area contributed by atoms with Crippen LogP contribution in [0.15, 0.2) is 0 Å². The summed E-state index contributed by atoms with van der Waals surface area (Å²) < 4.78 is 0. The summed E-state index contributed by atoms with van der Waals surface area (Å²) >= 11 is 0. The number of hydrogen-bond acceptors (Lipinski definition) is 0. The van der Waals surface area contributed by atoms with Crippen LogP contribution in [0.3, 0.4) is 0 Å². The molecule has 0 saturated carbocycles.